The third kappa shape index (κ3) is 3.88. The van der Waals surface area contributed by atoms with Crippen molar-refractivity contribution in [3.05, 3.63) is 113 Å². The normalized spacial score (nSPS) is 12.5. The number of carbonyl (C=O) groups is 1. The summed E-state index contributed by atoms with van der Waals surface area (Å²) in [6.07, 6.45) is 0. The molecule has 6 rings (SSSR count). The number of amides is 1. The van der Waals surface area contributed by atoms with Crippen molar-refractivity contribution in [3.8, 4) is 17.2 Å². The van der Waals surface area contributed by atoms with Gasteiger partial charge in [-0.3, -0.25) is 9.69 Å². The second kappa shape index (κ2) is 9.30. The van der Waals surface area contributed by atoms with Gasteiger partial charge in [-0.2, -0.15) is 0 Å². The van der Waals surface area contributed by atoms with Crippen LogP contribution in [0.15, 0.2) is 91.0 Å². The van der Waals surface area contributed by atoms with Gasteiger partial charge in [-0.25, -0.2) is 4.98 Å². The van der Waals surface area contributed by atoms with E-state index in [1.165, 1.54) is 11.3 Å². The van der Waals surface area contributed by atoms with Crippen LogP contribution in [0.5, 0.6) is 17.2 Å². The van der Waals surface area contributed by atoms with Gasteiger partial charge >= 0.3 is 0 Å². The molecule has 1 aliphatic heterocycles. The number of benzene rings is 4. The lowest BCUT2D eigenvalue weighted by Crippen LogP contribution is -2.36. The number of nitrogens with zero attached hydrogens (tertiary/aromatic N) is 2. The Balaban J connectivity index is 1.52. The molecule has 0 atom stereocenters. The van der Waals surface area contributed by atoms with E-state index in [-0.39, 0.29) is 5.91 Å². The minimum atomic E-state index is -0.542. The SMILES string of the molecule is COc1ccc(Cl)c2sc(N(Cc3ccccc3)C(=O)C3c4ccccc4Oc4ccccc43)nc12. The number of aromatic nitrogens is 1. The van der Waals surface area contributed by atoms with Crippen LogP contribution in [-0.2, 0) is 11.3 Å². The van der Waals surface area contributed by atoms with Gasteiger partial charge < -0.3 is 9.47 Å². The first-order chi connectivity index (χ1) is 17.6. The molecule has 1 aliphatic rings. The summed E-state index contributed by atoms with van der Waals surface area (Å²) in [6, 6.07) is 28.9. The fourth-order valence-electron chi connectivity index (χ4n) is 4.56. The molecule has 4 aromatic carbocycles. The zero-order chi connectivity index (χ0) is 24.6. The first-order valence-electron chi connectivity index (χ1n) is 11.5. The Labute approximate surface area is 217 Å². The Hall–Kier alpha value is -3.87. The molecule has 0 aliphatic carbocycles. The average Bonchev–Trinajstić information content (AvgIpc) is 3.37. The lowest BCUT2D eigenvalue weighted by Gasteiger charge is -2.31. The van der Waals surface area contributed by atoms with Gasteiger partial charge in [0.1, 0.15) is 22.8 Å². The predicted molar refractivity (Wildman–Crippen MR) is 144 cm³/mol. The lowest BCUT2D eigenvalue weighted by molar-refractivity contribution is -0.119. The Bertz CT molecular complexity index is 1540. The first-order valence-corrected chi connectivity index (χ1v) is 12.7. The molecule has 7 heteroatoms. The highest BCUT2D eigenvalue weighted by molar-refractivity contribution is 7.23. The highest BCUT2D eigenvalue weighted by Crippen LogP contribution is 2.46. The Morgan fingerprint density at radius 1 is 0.944 bits per heavy atom. The van der Waals surface area contributed by atoms with Crippen molar-refractivity contribution >= 4 is 44.2 Å². The number of hydrogen-bond acceptors (Lipinski definition) is 5. The van der Waals surface area contributed by atoms with Crippen LogP contribution in [0.3, 0.4) is 0 Å². The Morgan fingerprint density at radius 3 is 2.25 bits per heavy atom. The third-order valence-electron chi connectivity index (χ3n) is 6.27. The fraction of sp³-hybridized carbons (Fsp3) is 0.103. The quantitative estimate of drug-likeness (QED) is 0.246. The van der Waals surface area contributed by atoms with Gasteiger partial charge in [-0.05, 0) is 29.8 Å². The maximum Gasteiger partial charge on any atom is 0.241 e. The smallest absolute Gasteiger partial charge is 0.241 e. The molecule has 0 saturated heterocycles. The number of thiazole rings is 1. The van der Waals surface area contributed by atoms with Crippen LogP contribution in [-0.4, -0.2) is 18.0 Å². The average molecular weight is 513 g/mol. The lowest BCUT2D eigenvalue weighted by atomic mass is 9.87. The van der Waals surface area contributed by atoms with Crippen molar-refractivity contribution in [1.82, 2.24) is 4.98 Å². The second-order valence-electron chi connectivity index (χ2n) is 8.44. The molecule has 0 saturated carbocycles. The number of halogens is 1. The zero-order valence-corrected chi connectivity index (χ0v) is 20.9. The summed E-state index contributed by atoms with van der Waals surface area (Å²) in [7, 11) is 1.60. The van der Waals surface area contributed by atoms with Gasteiger partial charge in [-0.1, -0.05) is 89.7 Å². The highest BCUT2D eigenvalue weighted by Gasteiger charge is 2.36. The van der Waals surface area contributed by atoms with E-state index in [9.17, 15) is 4.79 Å². The van der Waals surface area contributed by atoms with E-state index in [2.05, 4.69) is 0 Å². The van der Waals surface area contributed by atoms with Gasteiger partial charge in [0.05, 0.1) is 29.3 Å². The standard InChI is InChI=1S/C29H21ClN2O3S/c1-34-24-16-15-21(30)27-26(24)31-29(36-27)32(17-18-9-3-2-4-10-18)28(33)25-19-11-5-7-13-22(19)35-23-14-8-6-12-20(23)25/h2-16,25H,17H2,1H3. The van der Waals surface area contributed by atoms with E-state index in [4.69, 9.17) is 26.1 Å². The van der Waals surface area contributed by atoms with Gasteiger partial charge in [0, 0.05) is 11.1 Å². The first kappa shape index (κ1) is 22.6. The largest absolute Gasteiger partial charge is 0.494 e. The number of rotatable bonds is 5. The van der Waals surface area contributed by atoms with Crippen LogP contribution >= 0.6 is 22.9 Å². The summed E-state index contributed by atoms with van der Waals surface area (Å²) in [4.78, 5) is 21.1. The molecule has 5 aromatic rings. The Morgan fingerprint density at radius 2 is 1.58 bits per heavy atom. The van der Waals surface area contributed by atoms with Crippen molar-refractivity contribution in [2.45, 2.75) is 12.5 Å². The summed E-state index contributed by atoms with van der Waals surface area (Å²) >= 11 is 7.91. The van der Waals surface area contributed by atoms with Crippen LogP contribution in [0, 0.1) is 0 Å². The van der Waals surface area contributed by atoms with E-state index >= 15 is 0 Å². The maximum absolute atomic E-state index is 14.5. The fourth-order valence-corrected chi connectivity index (χ4v) is 5.82. The van der Waals surface area contributed by atoms with Crippen LogP contribution in [0.1, 0.15) is 22.6 Å². The second-order valence-corrected chi connectivity index (χ2v) is 9.83. The summed E-state index contributed by atoms with van der Waals surface area (Å²) < 4.78 is 12.4. The topological polar surface area (TPSA) is 51.7 Å². The van der Waals surface area contributed by atoms with E-state index in [0.29, 0.717) is 39.5 Å². The van der Waals surface area contributed by atoms with E-state index in [0.717, 1.165) is 21.4 Å². The zero-order valence-electron chi connectivity index (χ0n) is 19.4. The summed E-state index contributed by atoms with van der Waals surface area (Å²) in [5.41, 5.74) is 3.30. The minimum Gasteiger partial charge on any atom is -0.494 e. The van der Waals surface area contributed by atoms with Gasteiger partial charge in [0.15, 0.2) is 5.13 Å². The molecule has 0 N–H and O–H groups in total. The summed E-state index contributed by atoms with van der Waals surface area (Å²) in [5.74, 6) is 1.35. The molecule has 0 unspecified atom stereocenters. The third-order valence-corrected chi connectivity index (χ3v) is 7.81. The number of carbonyl (C=O) groups excluding carboxylic acids is 1. The number of ether oxygens (including phenoxy) is 2. The number of anilines is 1. The van der Waals surface area contributed by atoms with E-state index < -0.39 is 5.92 Å². The maximum atomic E-state index is 14.5. The molecule has 2 heterocycles. The summed E-state index contributed by atoms with van der Waals surface area (Å²) in [6.45, 7) is 0.362. The molecule has 178 valence electrons. The van der Waals surface area contributed by atoms with Crippen molar-refractivity contribution in [1.29, 1.82) is 0 Å². The number of para-hydroxylation sites is 2. The monoisotopic (exact) mass is 512 g/mol. The number of hydrogen-bond donors (Lipinski definition) is 0. The van der Waals surface area contributed by atoms with Crippen LogP contribution in [0.2, 0.25) is 5.02 Å². The molecule has 1 aromatic heterocycles. The molecular weight excluding hydrogens is 492 g/mol. The van der Waals surface area contributed by atoms with Gasteiger partial charge in [0.25, 0.3) is 0 Å². The summed E-state index contributed by atoms with van der Waals surface area (Å²) in [5, 5.41) is 1.13. The van der Waals surface area contributed by atoms with Crippen molar-refractivity contribution in [3.63, 3.8) is 0 Å². The Kier molecular flexibility index (Phi) is 5.83. The minimum absolute atomic E-state index is 0.0869. The molecule has 1 amide bonds. The molecule has 5 nitrogen and oxygen atoms in total. The van der Waals surface area contributed by atoms with Crippen molar-refractivity contribution < 1.29 is 14.3 Å². The van der Waals surface area contributed by atoms with Crippen molar-refractivity contribution in [2.75, 3.05) is 12.0 Å². The molecule has 0 radical (unpaired) electrons. The number of methoxy groups -OCH3 is 1. The van der Waals surface area contributed by atoms with E-state index in [1.807, 2.05) is 78.9 Å². The van der Waals surface area contributed by atoms with Crippen LogP contribution < -0.4 is 14.4 Å². The van der Waals surface area contributed by atoms with Crippen LogP contribution in [0.4, 0.5) is 5.13 Å². The van der Waals surface area contributed by atoms with Crippen LogP contribution in [0.25, 0.3) is 10.2 Å². The molecule has 0 bridgehead atoms. The van der Waals surface area contributed by atoms with Gasteiger partial charge in [0.2, 0.25) is 5.91 Å². The predicted octanol–water partition coefficient (Wildman–Crippen LogP) is 7.43. The number of fused-ring (bicyclic) bond motifs is 3. The molecule has 0 fully saturated rings. The van der Waals surface area contributed by atoms with Gasteiger partial charge in [-0.15, -0.1) is 0 Å². The van der Waals surface area contributed by atoms with E-state index in [1.54, 1.807) is 24.1 Å². The molecular formula is C29H21ClN2O3S. The highest BCUT2D eigenvalue weighted by atomic mass is 35.5. The van der Waals surface area contributed by atoms with Crippen molar-refractivity contribution in [2.24, 2.45) is 0 Å². The molecule has 0 spiro atoms. The molecule has 36 heavy (non-hydrogen) atoms.